The summed E-state index contributed by atoms with van der Waals surface area (Å²) in [4.78, 5) is 12.1. The number of benzene rings is 2. The van der Waals surface area contributed by atoms with Gasteiger partial charge in [-0.15, -0.1) is 0 Å². The third-order valence-corrected chi connectivity index (χ3v) is 3.28. The molecule has 0 aromatic heterocycles. The number of carbonyl (C=O) groups excluding carboxylic acids is 1. The fraction of sp³-hybridized carbons (Fsp3) is 0.278. The lowest BCUT2D eigenvalue weighted by atomic mass is 10.1. The van der Waals surface area contributed by atoms with Crippen molar-refractivity contribution in [2.75, 3.05) is 13.2 Å². The summed E-state index contributed by atoms with van der Waals surface area (Å²) in [6.45, 7) is 2.65. The van der Waals surface area contributed by atoms with Gasteiger partial charge >= 0.3 is 0 Å². The van der Waals surface area contributed by atoms with Crippen LogP contribution in [0.5, 0.6) is 5.75 Å². The average Bonchev–Trinajstić information content (AvgIpc) is 2.58. The monoisotopic (exact) mass is 317 g/mol. The molecule has 4 nitrogen and oxygen atoms in total. The molecule has 122 valence electrons. The Bertz CT molecular complexity index is 643. The van der Waals surface area contributed by atoms with E-state index in [4.69, 9.17) is 4.74 Å². The first-order valence-electron chi connectivity index (χ1n) is 7.54. The lowest BCUT2D eigenvalue weighted by molar-refractivity contribution is 0.0916. The maximum atomic E-state index is 12.8. The highest BCUT2D eigenvalue weighted by Gasteiger charge is 2.11. The number of hydrogen-bond acceptors (Lipinski definition) is 3. The molecule has 0 spiro atoms. The number of rotatable bonds is 7. The summed E-state index contributed by atoms with van der Waals surface area (Å²) in [5.74, 6) is -0.0272. The zero-order valence-electron chi connectivity index (χ0n) is 13.0. The Morgan fingerprint density at radius 2 is 2.00 bits per heavy atom. The molecule has 0 heterocycles. The zero-order chi connectivity index (χ0) is 16.7. The highest BCUT2D eigenvalue weighted by molar-refractivity contribution is 5.94. The Labute approximate surface area is 134 Å². The third kappa shape index (κ3) is 5.07. The summed E-state index contributed by atoms with van der Waals surface area (Å²) in [5.41, 5.74) is 1.01. The fourth-order valence-corrected chi connectivity index (χ4v) is 2.04. The maximum Gasteiger partial charge on any atom is 0.251 e. The molecule has 0 aliphatic heterocycles. The molecule has 0 saturated carbocycles. The van der Waals surface area contributed by atoms with E-state index in [0.717, 1.165) is 6.42 Å². The highest BCUT2D eigenvalue weighted by atomic mass is 19.1. The molecular formula is C18H20FNO3. The number of ether oxygens (including phenoxy) is 1. The summed E-state index contributed by atoms with van der Waals surface area (Å²) < 4.78 is 18.3. The Morgan fingerprint density at radius 1 is 1.26 bits per heavy atom. The third-order valence-electron chi connectivity index (χ3n) is 3.28. The van der Waals surface area contributed by atoms with E-state index in [1.165, 1.54) is 24.3 Å². The maximum absolute atomic E-state index is 12.8. The minimum absolute atomic E-state index is 0.0461. The fourth-order valence-electron chi connectivity index (χ4n) is 2.04. The van der Waals surface area contributed by atoms with Crippen molar-refractivity contribution in [3.8, 4) is 5.75 Å². The number of nitrogens with one attached hydrogen (secondary N) is 1. The van der Waals surface area contributed by atoms with Crippen LogP contribution in [-0.2, 0) is 0 Å². The van der Waals surface area contributed by atoms with Crippen LogP contribution in [0.1, 0.15) is 35.4 Å². The van der Waals surface area contributed by atoms with Gasteiger partial charge in [-0.25, -0.2) is 4.39 Å². The summed E-state index contributed by atoms with van der Waals surface area (Å²) in [6, 6.07) is 12.4. The van der Waals surface area contributed by atoms with E-state index in [9.17, 15) is 14.3 Å². The predicted octanol–water partition coefficient (Wildman–Crippen LogP) is 3.08. The molecule has 1 amide bonds. The van der Waals surface area contributed by atoms with E-state index < -0.39 is 6.10 Å². The van der Waals surface area contributed by atoms with Gasteiger partial charge in [0.15, 0.2) is 0 Å². The van der Waals surface area contributed by atoms with Crippen LogP contribution in [0.3, 0.4) is 0 Å². The van der Waals surface area contributed by atoms with Gasteiger partial charge in [0.1, 0.15) is 11.6 Å². The van der Waals surface area contributed by atoms with Gasteiger partial charge in [-0.3, -0.25) is 4.79 Å². The molecule has 2 aromatic carbocycles. The summed E-state index contributed by atoms with van der Waals surface area (Å²) >= 11 is 0. The Hall–Kier alpha value is -2.40. The second-order valence-electron chi connectivity index (χ2n) is 5.15. The van der Waals surface area contributed by atoms with E-state index in [0.29, 0.717) is 23.5 Å². The van der Waals surface area contributed by atoms with Crippen LogP contribution in [0.2, 0.25) is 0 Å². The molecule has 0 aliphatic rings. The van der Waals surface area contributed by atoms with Gasteiger partial charge in [0.25, 0.3) is 5.91 Å². The van der Waals surface area contributed by atoms with Gasteiger partial charge in [0.05, 0.1) is 12.7 Å². The Morgan fingerprint density at radius 3 is 2.70 bits per heavy atom. The molecule has 0 aliphatic carbocycles. The van der Waals surface area contributed by atoms with Crippen molar-refractivity contribution in [2.45, 2.75) is 19.4 Å². The number of aliphatic hydroxyl groups excluding tert-OH is 1. The number of amides is 1. The molecule has 23 heavy (non-hydrogen) atoms. The van der Waals surface area contributed by atoms with Gasteiger partial charge in [0.2, 0.25) is 0 Å². The van der Waals surface area contributed by atoms with Gasteiger partial charge < -0.3 is 15.2 Å². The molecule has 0 saturated heterocycles. The van der Waals surface area contributed by atoms with Crippen LogP contribution in [0, 0.1) is 5.82 Å². The molecule has 2 rings (SSSR count). The van der Waals surface area contributed by atoms with Crippen LogP contribution in [-0.4, -0.2) is 24.2 Å². The van der Waals surface area contributed by atoms with Gasteiger partial charge in [-0.2, -0.15) is 0 Å². The van der Waals surface area contributed by atoms with E-state index in [2.05, 4.69) is 5.32 Å². The quantitative estimate of drug-likeness (QED) is 0.825. The smallest absolute Gasteiger partial charge is 0.251 e. The first-order chi connectivity index (χ1) is 11.1. The predicted molar refractivity (Wildman–Crippen MR) is 85.9 cm³/mol. The van der Waals surface area contributed by atoms with Crippen molar-refractivity contribution in [2.24, 2.45) is 0 Å². The molecule has 5 heteroatoms. The number of carbonyl (C=O) groups is 1. The molecule has 0 bridgehead atoms. The van der Waals surface area contributed by atoms with E-state index >= 15 is 0 Å². The summed E-state index contributed by atoms with van der Waals surface area (Å²) in [7, 11) is 0. The minimum Gasteiger partial charge on any atom is -0.494 e. The molecule has 2 N–H and O–H groups in total. The number of aliphatic hydroxyl groups is 1. The largest absolute Gasteiger partial charge is 0.494 e. The van der Waals surface area contributed by atoms with E-state index in [-0.39, 0.29) is 18.3 Å². The molecule has 0 radical (unpaired) electrons. The number of halogens is 1. The van der Waals surface area contributed by atoms with Crippen LogP contribution in [0.25, 0.3) is 0 Å². The molecule has 0 fully saturated rings. The highest BCUT2D eigenvalue weighted by Crippen LogP contribution is 2.15. The molecule has 2 aromatic rings. The Kier molecular flexibility index (Phi) is 6.11. The lowest BCUT2D eigenvalue weighted by Crippen LogP contribution is -2.28. The second-order valence-corrected chi connectivity index (χ2v) is 5.15. The van der Waals surface area contributed by atoms with Gasteiger partial charge in [-0.1, -0.05) is 25.1 Å². The van der Waals surface area contributed by atoms with Crippen molar-refractivity contribution in [3.05, 3.63) is 65.5 Å². The van der Waals surface area contributed by atoms with E-state index in [1.54, 1.807) is 24.3 Å². The van der Waals surface area contributed by atoms with Crippen LogP contribution >= 0.6 is 0 Å². The summed E-state index contributed by atoms with van der Waals surface area (Å²) in [5, 5.41) is 12.7. The average molecular weight is 317 g/mol. The molecule has 1 unspecified atom stereocenters. The molecular weight excluding hydrogens is 297 g/mol. The second kappa shape index (κ2) is 8.29. The first-order valence-corrected chi connectivity index (χ1v) is 7.54. The van der Waals surface area contributed by atoms with Crippen LogP contribution < -0.4 is 10.1 Å². The van der Waals surface area contributed by atoms with Crippen molar-refractivity contribution >= 4 is 5.91 Å². The summed E-state index contributed by atoms with van der Waals surface area (Å²) in [6.07, 6.45) is -0.000573. The van der Waals surface area contributed by atoms with Crippen molar-refractivity contribution in [1.29, 1.82) is 0 Å². The number of hydrogen-bond donors (Lipinski definition) is 2. The standard InChI is InChI=1S/C18H20FNO3/c1-2-10-23-16-5-3-4-14(11-16)18(22)20-12-17(21)13-6-8-15(19)9-7-13/h3-9,11,17,21H,2,10,12H2,1H3,(H,20,22). The normalized spacial score (nSPS) is 11.8. The van der Waals surface area contributed by atoms with Crippen molar-refractivity contribution in [1.82, 2.24) is 5.32 Å². The van der Waals surface area contributed by atoms with E-state index in [1.807, 2.05) is 6.92 Å². The van der Waals surface area contributed by atoms with Crippen LogP contribution in [0.4, 0.5) is 4.39 Å². The first kappa shape index (κ1) is 17.0. The van der Waals surface area contributed by atoms with Crippen molar-refractivity contribution in [3.63, 3.8) is 0 Å². The molecule has 1 atom stereocenters. The topological polar surface area (TPSA) is 58.6 Å². The zero-order valence-corrected chi connectivity index (χ0v) is 13.0. The van der Waals surface area contributed by atoms with Crippen LogP contribution in [0.15, 0.2) is 48.5 Å². The van der Waals surface area contributed by atoms with Crippen molar-refractivity contribution < 1.29 is 19.0 Å². The van der Waals surface area contributed by atoms with Gasteiger partial charge in [0, 0.05) is 12.1 Å². The SMILES string of the molecule is CCCOc1cccc(C(=O)NCC(O)c2ccc(F)cc2)c1. The Balaban J connectivity index is 1.92. The van der Waals surface area contributed by atoms with Gasteiger partial charge in [-0.05, 0) is 42.3 Å². The minimum atomic E-state index is -0.890. The lowest BCUT2D eigenvalue weighted by Gasteiger charge is -2.13.